The summed E-state index contributed by atoms with van der Waals surface area (Å²) in [6.07, 6.45) is 0. The van der Waals surface area contributed by atoms with Crippen LogP contribution in [0, 0.1) is 20.2 Å². The molecule has 0 aliphatic carbocycles. The molecule has 0 spiro atoms. The van der Waals surface area contributed by atoms with E-state index in [9.17, 15) is 25.0 Å². The summed E-state index contributed by atoms with van der Waals surface area (Å²) in [4.78, 5) is 35.4. The van der Waals surface area contributed by atoms with E-state index in [1.54, 1.807) is 0 Å². The maximum Gasteiger partial charge on any atom is 0.328 e. The minimum atomic E-state index is -0.519. The Morgan fingerprint density at radius 2 is 1.04 bits per heavy atom. The van der Waals surface area contributed by atoms with Gasteiger partial charge < -0.3 is 0 Å². The fourth-order valence-corrected chi connectivity index (χ4v) is 2.04. The second-order valence-electron chi connectivity index (χ2n) is 4.95. The van der Waals surface area contributed by atoms with Gasteiger partial charge in [0.1, 0.15) is 0 Å². The molecule has 0 aliphatic heterocycles. The van der Waals surface area contributed by atoms with Crippen LogP contribution < -0.4 is 9.80 Å². The quantitative estimate of drug-likeness (QED) is 0.631. The van der Waals surface area contributed by atoms with Crippen molar-refractivity contribution in [2.45, 2.75) is 0 Å². The first-order valence-corrected chi connectivity index (χ1v) is 6.81. The third-order valence-electron chi connectivity index (χ3n) is 3.47. The topological polar surface area (TPSA) is 110 Å². The van der Waals surface area contributed by atoms with Gasteiger partial charge in [0.25, 0.3) is 11.4 Å². The van der Waals surface area contributed by atoms with E-state index in [1.165, 1.54) is 72.4 Å². The molecule has 0 N–H and O–H groups in total. The minimum absolute atomic E-state index is 0.0664. The number of rotatable bonds is 4. The number of carbonyl (C=O) groups excluding carboxylic acids is 1. The highest BCUT2D eigenvalue weighted by Gasteiger charge is 2.18. The molecule has 0 aromatic heterocycles. The highest BCUT2D eigenvalue weighted by Crippen LogP contribution is 2.22. The highest BCUT2D eigenvalue weighted by molar-refractivity contribution is 6.02. The van der Waals surface area contributed by atoms with Crippen LogP contribution in [0.3, 0.4) is 0 Å². The number of hydrogen-bond donors (Lipinski definition) is 0. The van der Waals surface area contributed by atoms with Gasteiger partial charge in [0.05, 0.1) is 9.85 Å². The molecule has 0 fully saturated rings. The van der Waals surface area contributed by atoms with Gasteiger partial charge in [-0.1, -0.05) is 0 Å². The average Bonchev–Trinajstić information content (AvgIpc) is 2.60. The summed E-state index contributed by atoms with van der Waals surface area (Å²) >= 11 is 0. The number of non-ortho nitro benzene ring substituents is 2. The molecule has 0 heterocycles. The maximum atomic E-state index is 12.5. The fraction of sp³-hybridized carbons (Fsp3) is 0.133. The lowest BCUT2D eigenvalue weighted by Crippen LogP contribution is -2.38. The van der Waals surface area contributed by atoms with Gasteiger partial charge in [-0.15, -0.1) is 0 Å². The normalized spacial score (nSPS) is 10.1. The van der Waals surface area contributed by atoms with E-state index in [1.807, 2.05) is 0 Å². The molecule has 0 saturated carbocycles. The predicted octanol–water partition coefficient (Wildman–Crippen LogP) is 3.20. The Bertz CT molecular complexity index is 708. The zero-order valence-electron chi connectivity index (χ0n) is 12.9. The lowest BCUT2D eigenvalue weighted by Gasteiger charge is -2.25. The Kier molecular flexibility index (Phi) is 4.73. The number of benzene rings is 2. The first-order chi connectivity index (χ1) is 11.3. The SMILES string of the molecule is CN(C(=O)N(C)c1ccc([N+](=O)[O-])cc1)c1ccc([N+](=O)[O-])cc1. The molecule has 0 saturated heterocycles. The smallest absolute Gasteiger partial charge is 0.297 e. The molecule has 0 atom stereocenters. The average molecular weight is 330 g/mol. The summed E-state index contributed by atoms with van der Waals surface area (Å²) in [6.45, 7) is 0. The van der Waals surface area contributed by atoms with E-state index in [4.69, 9.17) is 0 Å². The third-order valence-corrected chi connectivity index (χ3v) is 3.47. The molecule has 2 amide bonds. The first-order valence-electron chi connectivity index (χ1n) is 6.81. The molecule has 0 aliphatic rings. The van der Waals surface area contributed by atoms with Crippen molar-refractivity contribution in [2.24, 2.45) is 0 Å². The Balaban J connectivity index is 2.16. The summed E-state index contributed by atoms with van der Waals surface area (Å²) in [7, 11) is 3.07. The van der Waals surface area contributed by atoms with Crippen LogP contribution in [0.15, 0.2) is 48.5 Å². The Morgan fingerprint density at radius 3 is 1.29 bits per heavy atom. The molecule has 9 heteroatoms. The van der Waals surface area contributed by atoms with Gasteiger partial charge in [0.15, 0.2) is 0 Å². The number of amides is 2. The minimum Gasteiger partial charge on any atom is -0.297 e. The summed E-state index contributed by atoms with van der Waals surface area (Å²) < 4.78 is 0. The predicted molar refractivity (Wildman–Crippen MR) is 88.4 cm³/mol. The highest BCUT2D eigenvalue weighted by atomic mass is 16.6. The van der Waals surface area contributed by atoms with Gasteiger partial charge >= 0.3 is 6.03 Å². The molecule has 0 bridgehead atoms. The van der Waals surface area contributed by atoms with Crippen molar-refractivity contribution in [3.8, 4) is 0 Å². The number of hydrogen-bond acceptors (Lipinski definition) is 5. The van der Waals surface area contributed by atoms with Crippen LogP contribution in [-0.4, -0.2) is 30.0 Å². The Morgan fingerprint density at radius 1 is 0.750 bits per heavy atom. The van der Waals surface area contributed by atoms with Crippen LogP contribution in [0.5, 0.6) is 0 Å². The molecule has 2 rings (SSSR count). The van der Waals surface area contributed by atoms with Crippen LogP contribution in [0.4, 0.5) is 27.5 Å². The van der Waals surface area contributed by atoms with Crippen LogP contribution in [-0.2, 0) is 0 Å². The number of anilines is 2. The van der Waals surface area contributed by atoms with E-state index in [0.717, 1.165) is 0 Å². The van der Waals surface area contributed by atoms with Gasteiger partial charge in [0.2, 0.25) is 0 Å². The van der Waals surface area contributed by atoms with E-state index in [0.29, 0.717) is 11.4 Å². The lowest BCUT2D eigenvalue weighted by molar-refractivity contribution is -0.385. The standard InChI is InChI=1S/C15H14N4O5/c1-16(11-3-7-13(8-4-11)18(21)22)15(20)17(2)12-5-9-14(10-6-12)19(23)24/h3-10H,1-2H3. The Hall–Kier alpha value is -3.49. The van der Waals surface area contributed by atoms with Gasteiger partial charge in [-0.05, 0) is 24.3 Å². The number of carbonyl (C=O) groups is 1. The van der Waals surface area contributed by atoms with Crippen LogP contribution in [0.2, 0.25) is 0 Å². The van der Waals surface area contributed by atoms with Crippen molar-refractivity contribution < 1.29 is 14.6 Å². The Labute approximate surface area is 137 Å². The van der Waals surface area contributed by atoms with Crippen LogP contribution in [0.25, 0.3) is 0 Å². The largest absolute Gasteiger partial charge is 0.328 e. The molecular formula is C15H14N4O5. The van der Waals surface area contributed by atoms with E-state index in [-0.39, 0.29) is 11.4 Å². The van der Waals surface area contributed by atoms with Crippen molar-refractivity contribution in [1.29, 1.82) is 0 Å². The third kappa shape index (κ3) is 3.46. The van der Waals surface area contributed by atoms with Crippen molar-refractivity contribution in [2.75, 3.05) is 23.9 Å². The zero-order chi connectivity index (χ0) is 17.9. The number of nitro benzene ring substituents is 2. The lowest BCUT2D eigenvalue weighted by atomic mass is 10.2. The molecular weight excluding hydrogens is 316 g/mol. The van der Waals surface area contributed by atoms with Gasteiger partial charge in [-0.3, -0.25) is 30.0 Å². The van der Waals surface area contributed by atoms with Crippen molar-refractivity contribution >= 4 is 28.8 Å². The molecule has 24 heavy (non-hydrogen) atoms. The summed E-state index contributed by atoms with van der Waals surface area (Å²) in [5, 5.41) is 21.3. The fourth-order valence-electron chi connectivity index (χ4n) is 2.04. The number of urea groups is 1. The first kappa shape index (κ1) is 16.9. The molecule has 0 radical (unpaired) electrons. The van der Waals surface area contributed by atoms with Crippen LogP contribution in [0.1, 0.15) is 0 Å². The van der Waals surface area contributed by atoms with E-state index < -0.39 is 15.9 Å². The molecule has 9 nitrogen and oxygen atoms in total. The zero-order valence-corrected chi connectivity index (χ0v) is 12.9. The second-order valence-corrected chi connectivity index (χ2v) is 4.95. The van der Waals surface area contributed by atoms with Crippen molar-refractivity contribution in [3.05, 3.63) is 68.8 Å². The molecule has 124 valence electrons. The molecule has 2 aromatic carbocycles. The maximum absolute atomic E-state index is 12.5. The second kappa shape index (κ2) is 6.73. The number of nitrogens with zero attached hydrogens (tertiary/aromatic N) is 4. The van der Waals surface area contributed by atoms with Crippen molar-refractivity contribution in [3.63, 3.8) is 0 Å². The summed E-state index contributed by atoms with van der Waals surface area (Å²) in [5.41, 5.74) is 0.838. The van der Waals surface area contributed by atoms with Gasteiger partial charge in [0, 0.05) is 49.7 Å². The van der Waals surface area contributed by atoms with E-state index in [2.05, 4.69) is 0 Å². The number of nitro groups is 2. The molecule has 0 unspecified atom stereocenters. The van der Waals surface area contributed by atoms with Gasteiger partial charge in [-0.2, -0.15) is 0 Å². The summed E-state index contributed by atoms with van der Waals surface area (Å²) in [5.74, 6) is 0. The monoisotopic (exact) mass is 330 g/mol. The van der Waals surface area contributed by atoms with Gasteiger partial charge in [-0.25, -0.2) is 4.79 Å². The van der Waals surface area contributed by atoms with E-state index >= 15 is 0 Å². The van der Waals surface area contributed by atoms with Crippen molar-refractivity contribution in [1.82, 2.24) is 0 Å². The van der Waals surface area contributed by atoms with Crippen LogP contribution >= 0.6 is 0 Å². The molecule has 2 aromatic rings. The summed E-state index contributed by atoms with van der Waals surface area (Å²) in [6, 6.07) is 10.7.